The van der Waals surface area contributed by atoms with Gasteiger partial charge in [0.05, 0.1) is 11.4 Å². The van der Waals surface area contributed by atoms with Gasteiger partial charge in [-0.2, -0.15) is 10.2 Å². The van der Waals surface area contributed by atoms with E-state index in [0.29, 0.717) is 5.70 Å². The Balaban J connectivity index is 2.20. The van der Waals surface area contributed by atoms with Crippen molar-refractivity contribution in [3.63, 3.8) is 0 Å². The van der Waals surface area contributed by atoms with Crippen LogP contribution in [0, 0.1) is 0 Å². The number of hydrogen-bond donors (Lipinski definition) is 2. The van der Waals surface area contributed by atoms with Crippen molar-refractivity contribution in [2.75, 3.05) is 0 Å². The van der Waals surface area contributed by atoms with Gasteiger partial charge in [0.2, 0.25) is 0 Å². The number of alkyl halides is 2. The summed E-state index contributed by atoms with van der Waals surface area (Å²) in [6.07, 6.45) is 4.62. The Morgan fingerprint density at radius 3 is 2.28 bits per heavy atom. The van der Waals surface area contributed by atoms with Crippen LogP contribution in [0.1, 0.15) is 0 Å². The molecule has 0 atom stereocenters. The largest absolute Gasteiger partial charge is 0.307 e. The topological polar surface area (TPSA) is 76.8 Å². The predicted octanol–water partition coefficient (Wildman–Crippen LogP) is 3.01. The van der Waals surface area contributed by atoms with Crippen LogP contribution in [0.25, 0.3) is 0 Å². The van der Waals surface area contributed by atoms with Gasteiger partial charge >= 0.3 is 0 Å². The molecule has 18 heavy (non-hydrogen) atoms. The summed E-state index contributed by atoms with van der Waals surface area (Å²) in [7, 11) is 0. The van der Waals surface area contributed by atoms with E-state index in [0.717, 1.165) is 5.69 Å². The van der Waals surface area contributed by atoms with Crippen LogP contribution in [-0.4, -0.2) is 10.00 Å². The smallest absolute Gasteiger partial charge is 0.173 e. The number of benzene rings is 1. The zero-order chi connectivity index (χ0) is 13.2. The van der Waals surface area contributed by atoms with Gasteiger partial charge in [-0.25, -0.2) is 0 Å². The SMILES string of the molecule is NC1(N)C=CC(N=Nc2ccccc2)=CC1(Cl)Cl. The van der Waals surface area contributed by atoms with Gasteiger partial charge in [-0.1, -0.05) is 41.4 Å². The molecule has 6 heteroatoms. The van der Waals surface area contributed by atoms with Crippen molar-refractivity contribution in [1.29, 1.82) is 0 Å². The van der Waals surface area contributed by atoms with E-state index in [1.165, 1.54) is 12.2 Å². The summed E-state index contributed by atoms with van der Waals surface area (Å²) in [5, 5.41) is 8.08. The van der Waals surface area contributed by atoms with Crippen LogP contribution in [0.3, 0.4) is 0 Å². The van der Waals surface area contributed by atoms with Crippen LogP contribution in [0.15, 0.2) is 64.5 Å². The Bertz CT molecular complexity index is 518. The van der Waals surface area contributed by atoms with Crippen molar-refractivity contribution in [3.05, 3.63) is 54.3 Å². The number of nitrogens with two attached hydrogens (primary N) is 2. The highest BCUT2D eigenvalue weighted by Crippen LogP contribution is 2.36. The molecular weight excluding hydrogens is 271 g/mol. The molecule has 0 aliphatic heterocycles. The quantitative estimate of drug-likeness (QED) is 0.497. The van der Waals surface area contributed by atoms with Crippen molar-refractivity contribution in [1.82, 2.24) is 0 Å². The minimum Gasteiger partial charge on any atom is -0.307 e. The third kappa shape index (κ3) is 2.79. The van der Waals surface area contributed by atoms with Crippen LogP contribution in [0.4, 0.5) is 5.69 Å². The molecule has 0 heterocycles. The average Bonchev–Trinajstić information content (AvgIpc) is 2.32. The molecule has 0 unspecified atom stereocenters. The summed E-state index contributed by atoms with van der Waals surface area (Å²) in [5.74, 6) is 0. The van der Waals surface area contributed by atoms with Gasteiger partial charge in [0.1, 0.15) is 5.66 Å². The molecule has 0 saturated carbocycles. The van der Waals surface area contributed by atoms with E-state index in [2.05, 4.69) is 10.2 Å². The summed E-state index contributed by atoms with van der Waals surface area (Å²) < 4.78 is -1.41. The molecule has 4 nitrogen and oxygen atoms in total. The Morgan fingerprint density at radius 1 is 1.00 bits per heavy atom. The van der Waals surface area contributed by atoms with Crippen LogP contribution < -0.4 is 11.5 Å². The Labute approximate surface area is 115 Å². The maximum Gasteiger partial charge on any atom is 0.173 e. The number of halogens is 2. The standard InChI is InChI=1S/C12H12Cl2N4/c13-11(14)8-10(6-7-12(11,15)16)18-17-9-4-2-1-3-5-9/h1-8H,15-16H2. The van der Waals surface area contributed by atoms with Gasteiger partial charge in [-0.05, 0) is 30.4 Å². The maximum absolute atomic E-state index is 6.03. The molecule has 0 saturated heterocycles. The van der Waals surface area contributed by atoms with E-state index >= 15 is 0 Å². The van der Waals surface area contributed by atoms with Crippen LogP contribution in [-0.2, 0) is 0 Å². The summed E-state index contributed by atoms with van der Waals surface area (Å²) in [6, 6.07) is 9.32. The number of nitrogens with zero attached hydrogens (tertiary/aromatic N) is 2. The third-order valence-electron chi connectivity index (χ3n) is 2.47. The second kappa shape index (κ2) is 4.82. The first-order valence-corrected chi connectivity index (χ1v) is 6.01. The molecular formula is C12H12Cl2N4. The zero-order valence-corrected chi connectivity index (χ0v) is 10.9. The van der Waals surface area contributed by atoms with E-state index in [4.69, 9.17) is 34.7 Å². The average molecular weight is 283 g/mol. The van der Waals surface area contributed by atoms with Crippen LogP contribution >= 0.6 is 23.2 Å². The molecule has 1 aromatic carbocycles. The summed E-state index contributed by atoms with van der Waals surface area (Å²) in [6.45, 7) is 0. The van der Waals surface area contributed by atoms with Crippen molar-refractivity contribution >= 4 is 28.9 Å². The van der Waals surface area contributed by atoms with Gasteiger partial charge in [0, 0.05) is 0 Å². The van der Waals surface area contributed by atoms with Gasteiger partial charge < -0.3 is 11.5 Å². The fourth-order valence-corrected chi connectivity index (χ4v) is 1.72. The number of hydrogen-bond acceptors (Lipinski definition) is 4. The number of rotatable bonds is 2. The molecule has 1 aromatic rings. The molecule has 1 aliphatic rings. The predicted molar refractivity (Wildman–Crippen MR) is 73.7 cm³/mol. The van der Waals surface area contributed by atoms with E-state index in [1.54, 1.807) is 6.08 Å². The fraction of sp³-hybridized carbons (Fsp3) is 0.167. The monoisotopic (exact) mass is 282 g/mol. The van der Waals surface area contributed by atoms with Gasteiger partial charge in [-0.15, -0.1) is 0 Å². The van der Waals surface area contributed by atoms with Crippen molar-refractivity contribution < 1.29 is 0 Å². The van der Waals surface area contributed by atoms with Crippen molar-refractivity contribution in [2.45, 2.75) is 10.00 Å². The Hall–Kier alpha value is -1.20. The van der Waals surface area contributed by atoms with Crippen LogP contribution in [0.2, 0.25) is 0 Å². The molecule has 0 fully saturated rings. The lowest BCUT2D eigenvalue weighted by atomic mass is 10.0. The normalized spacial score (nSPS) is 21.0. The van der Waals surface area contributed by atoms with Crippen LogP contribution in [0.5, 0.6) is 0 Å². The van der Waals surface area contributed by atoms with Crippen molar-refractivity contribution in [2.24, 2.45) is 21.7 Å². The maximum atomic E-state index is 6.03. The fourth-order valence-electron chi connectivity index (χ4n) is 1.37. The highest BCUT2D eigenvalue weighted by Gasteiger charge is 2.42. The lowest BCUT2D eigenvalue weighted by molar-refractivity contribution is 0.526. The number of allylic oxidation sites excluding steroid dienone is 1. The summed E-state index contributed by atoms with van der Waals surface area (Å²) in [5.41, 5.74) is 11.4. The van der Waals surface area contributed by atoms with Gasteiger partial charge in [0.15, 0.2) is 4.33 Å². The molecule has 0 spiro atoms. The Morgan fingerprint density at radius 2 is 1.67 bits per heavy atom. The van der Waals surface area contributed by atoms with Gasteiger partial charge in [-0.3, -0.25) is 0 Å². The summed E-state index contributed by atoms with van der Waals surface area (Å²) in [4.78, 5) is 0. The van der Waals surface area contributed by atoms with E-state index in [9.17, 15) is 0 Å². The van der Waals surface area contributed by atoms with E-state index < -0.39 is 10.00 Å². The molecule has 0 amide bonds. The first kappa shape index (κ1) is 13.2. The van der Waals surface area contributed by atoms with Gasteiger partial charge in [0.25, 0.3) is 0 Å². The van der Waals surface area contributed by atoms with E-state index in [-0.39, 0.29) is 0 Å². The minimum atomic E-state index is -1.41. The molecule has 94 valence electrons. The summed E-state index contributed by atoms with van der Waals surface area (Å²) >= 11 is 12.1. The minimum absolute atomic E-state index is 0.510. The zero-order valence-electron chi connectivity index (χ0n) is 9.42. The molecule has 0 aromatic heterocycles. The van der Waals surface area contributed by atoms with Crippen molar-refractivity contribution in [3.8, 4) is 0 Å². The highest BCUT2D eigenvalue weighted by molar-refractivity contribution is 6.51. The first-order chi connectivity index (χ1) is 8.41. The molecule has 1 aliphatic carbocycles. The molecule has 4 N–H and O–H groups in total. The number of azo groups is 1. The third-order valence-corrected chi connectivity index (χ3v) is 3.35. The second-order valence-electron chi connectivity index (χ2n) is 3.99. The Kier molecular flexibility index (Phi) is 3.54. The van der Waals surface area contributed by atoms with E-state index in [1.807, 2.05) is 30.3 Å². The lowest BCUT2D eigenvalue weighted by Gasteiger charge is -2.34. The lowest BCUT2D eigenvalue weighted by Crippen LogP contribution is -2.60. The molecule has 0 bridgehead atoms. The molecule has 2 rings (SSSR count). The molecule has 0 radical (unpaired) electrons. The highest BCUT2D eigenvalue weighted by atomic mass is 35.5. The second-order valence-corrected chi connectivity index (χ2v) is 5.38. The first-order valence-electron chi connectivity index (χ1n) is 5.25.